The van der Waals surface area contributed by atoms with Gasteiger partial charge in [0, 0.05) is 38.3 Å². The van der Waals surface area contributed by atoms with Crippen LogP contribution >= 0.6 is 0 Å². The zero-order valence-corrected chi connectivity index (χ0v) is 14.8. The Morgan fingerprint density at radius 2 is 1.74 bits per heavy atom. The third-order valence-electron chi connectivity index (χ3n) is 5.00. The summed E-state index contributed by atoms with van der Waals surface area (Å²) < 4.78 is 15.3. The average Bonchev–Trinajstić information content (AvgIpc) is 2.75. The topological polar surface area (TPSA) is 59.0 Å². The first-order chi connectivity index (χ1) is 13.2. The van der Waals surface area contributed by atoms with E-state index in [1.807, 2.05) is 30.3 Å². The summed E-state index contributed by atoms with van der Waals surface area (Å²) in [4.78, 5) is 27.2. The number of likely N-dealkylation sites (tertiary alicyclic amines) is 1. The van der Waals surface area contributed by atoms with Gasteiger partial charge >= 0.3 is 0 Å². The molecule has 0 spiro atoms. The average molecular weight is 362 g/mol. The van der Waals surface area contributed by atoms with Crippen molar-refractivity contribution in [3.8, 4) is 11.4 Å². The number of carbonyl (C=O) groups excluding carboxylic acids is 1. The maximum Gasteiger partial charge on any atom is 0.256 e. The summed E-state index contributed by atoms with van der Waals surface area (Å²) in [7, 11) is 0. The van der Waals surface area contributed by atoms with E-state index in [0.717, 1.165) is 0 Å². The highest BCUT2D eigenvalue weighted by Crippen LogP contribution is 2.37. The van der Waals surface area contributed by atoms with Gasteiger partial charge < -0.3 is 4.90 Å². The van der Waals surface area contributed by atoms with E-state index in [1.165, 1.54) is 6.33 Å². The van der Waals surface area contributed by atoms with Crippen LogP contribution in [0.1, 0.15) is 28.8 Å². The van der Waals surface area contributed by atoms with Crippen LogP contribution in [0.5, 0.6) is 0 Å². The highest BCUT2D eigenvalue weighted by atomic mass is 19.1. The van der Waals surface area contributed by atoms with E-state index in [9.17, 15) is 4.79 Å². The lowest BCUT2D eigenvalue weighted by Gasteiger charge is -2.37. The van der Waals surface area contributed by atoms with Crippen LogP contribution in [0.15, 0.2) is 67.3 Å². The number of alkyl halides is 1. The van der Waals surface area contributed by atoms with Gasteiger partial charge in [0.1, 0.15) is 17.7 Å². The van der Waals surface area contributed by atoms with E-state index in [1.54, 1.807) is 35.5 Å². The molecule has 27 heavy (non-hydrogen) atoms. The Bertz CT molecular complexity index is 925. The summed E-state index contributed by atoms with van der Waals surface area (Å²) >= 11 is 0. The van der Waals surface area contributed by atoms with Crippen LogP contribution in [-0.2, 0) is 5.67 Å². The molecule has 1 aliphatic rings. The first-order valence-electron chi connectivity index (χ1n) is 8.92. The molecule has 0 N–H and O–H groups in total. The van der Waals surface area contributed by atoms with Crippen molar-refractivity contribution < 1.29 is 9.18 Å². The highest BCUT2D eigenvalue weighted by molar-refractivity contribution is 5.99. The van der Waals surface area contributed by atoms with E-state index < -0.39 is 5.67 Å². The van der Waals surface area contributed by atoms with Crippen LogP contribution in [0.3, 0.4) is 0 Å². The molecule has 0 radical (unpaired) electrons. The Morgan fingerprint density at radius 1 is 0.963 bits per heavy atom. The molecule has 1 amide bonds. The molecule has 1 aromatic carbocycles. The smallest absolute Gasteiger partial charge is 0.256 e. The molecule has 136 valence electrons. The maximum absolute atomic E-state index is 15.3. The number of amides is 1. The monoisotopic (exact) mass is 362 g/mol. The van der Waals surface area contributed by atoms with E-state index in [-0.39, 0.29) is 18.7 Å². The van der Waals surface area contributed by atoms with Crippen LogP contribution < -0.4 is 0 Å². The van der Waals surface area contributed by atoms with Gasteiger partial charge in [-0.3, -0.25) is 9.78 Å². The number of pyridine rings is 1. The van der Waals surface area contributed by atoms with Crippen LogP contribution in [0.2, 0.25) is 0 Å². The Balaban J connectivity index is 1.54. The first-order valence-corrected chi connectivity index (χ1v) is 8.92. The van der Waals surface area contributed by atoms with Gasteiger partial charge in [-0.05, 0) is 23.8 Å². The van der Waals surface area contributed by atoms with Gasteiger partial charge in [0.25, 0.3) is 5.91 Å². The van der Waals surface area contributed by atoms with Gasteiger partial charge in [-0.15, -0.1) is 0 Å². The van der Waals surface area contributed by atoms with Crippen molar-refractivity contribution in [2.24, 2.45) is 0 Å². The molecule has 0 atom stereocenters. The molecular weight excluding hydrogens is 343 g/mol. The van der Waals surface area contributed by atoms with Crippen LogP contribution in [-0.4, -0.2) is 38.8 Å². The SMILES string of the molecule is O=C(c1cccnc1-c1ccncn1)N1CCC(F)(c2ccccc2)CC1. The predicted octanol–water partition coefficient (Wildman–Crippen LogP) is 3.64. The highest BCUT2D eigenvalue weighted by Gasteiger charge is 2.38. The molecule has 0 aliphatic carbocycles. The molecule has 4 rings (SSSR count). The summed E-state index contributed by atoms with van der Waals surface area (Å²) in [5.41, 5.74) is 0.880. The predicted molar refractivity (Wildman–Crippen MR) is 99.6 cm³/mol. The van der Waals surface area contributed by atoms with Crippen molar-refractivity contribution in [1.29, 1.82) is 0 Å². The summed E-state index contributed by atoms with van der Waals surface area (Å²) in [6.07, 6.45) is 5.24. The number of carbonyl (C=O) groups is 1. The largest absolute Gasteiger partial charge is 0.338 e. The minimum Gasteiger partial charge on any atom is -0.338 e. The summed E-state index contributed by atoms with van der Waals surface area (Å²) in [6.45, 7) is 0.727. The van der Waals surface area contributed by atoms with Crippen LogP contribution in [0, 0.1) is 0 Å². The van der Waals surface area contributed by atoms with E-state index >= 15 is 4.39 Å². The number of hydrogen-bond acceptors (Lipinski definition) is 4. The summed E-state index contributed by atoms with van der Waals surface area (Å²) in [5.74, 6) is -0.146. The second-order valence-electron chi connectivity index (χ2n) is 6.62. The van der Waals surface area contributed by atoms with Gasteiger partial charge in [-0.1, -0.05) is 30.3 Å². The Kier molecular flexibility index (Phi) is 4.62. The Labute approximate surface area is 156 Å². The molecule has 3 aromatic rings. The molecule has 5 nitrogen and oxygen atoms in total. The first kappa shape index (κ1) is 17.3. The fourth-order valence-corrected chi connectivity index (χ4v) is 3.47. The van der Waals surface area contributed by atoms with Gasteiger partial charge in [0.2, 0.25) is 0 Å². The Hall–Kier alpha value is -3.15. The fourth-order valence-electron chi connectivity index (χ4n) is 3.47. The third-order valence-corrected chi connectivity index (χ3v) is 5.00. The van der Waals surface area contributed by atoms with Crippen LogP contribution in [0.25, 0.3) is 11.4 Å². The number of piperidine rings is 1. The van der Waals surface area contributed by atoms with E-state index in [4.69, 9.17) is 0 Å². The quantitative estimate of drug-likeness (QED) is 0.714. The van der Waals surface area contributed by atoms with Crippen molar-refractivity contribution in [3.63, 3.8) is 0 Å². The zero-order valence-electron chi connectivity index (χ0n) is 14.8. The molecule has 1 aliphatic heterocycles. The van der Waals surface area contributed by atoms with Gasteiger partial charge in [-0.2, -0.15) is 0 Å². The van der Waals surface area contributed by atoms with Gasteiger partial charge in [-0.25, -0.2) is 14.4 Å². The van der Waals surface area contributed by atoms with Crippen molar-refractivity contribution in [1.82, 2.24) is 19.9 Å². The van der Waals surface area contributed by atoms with Crippen molar-refractivity contribution in [3.05, 3.63) is 78.4 Å². The zero-order chi connectivity index (χ0) is 18.7. The van der Waals surface area contributed by atoms with Gasteiger partial charge in [0.05, 0.1) is 11.3 Å². The van der Waals surface area contributed by atoms with Crippen molar-refractivity contribution >= 4 is 5.91 Å². The number of nitrogens with zero attached hydrogens (tertiary/aromatic N) is 4. The molecule has 1 saturated heterocycles. The number of rotatable bonds is 3. The van der Waals surface area contributed by atoms with E-state index in [2.05, 4.69) is 15.0 Å². The van der Waals surface area contributed by atoms with Gasteiger partial charge in [0.15, 0.2) is 0 Å². The molecule has 6 heteroatoms. The number of hydrogen-bond donors (Lipinski definition) is 0. The molecule has 0 unspecified atom stereocenters. The van der Waals surface area contributed by atoms with E-state index in [0.29, 0.717) is 35.6 Å². The molecule has 0 saturated carbocycles. The molecule has 3 heterocycles. The number of aromatic nitrogens is 3. The number of halogens is 1. The minimum absolute atomic E-state index is 0.146. The third kappa shape index (κ3) is 3.43. The van der Waals surface area contributed by atoms with Crippen molar-refractivity contribution in [2.75, 3.05) is 13.1 Å². The second kappa shape index (κ2) is 7.23. The fraction of sp³-hybridized carbons (Fsp3) is 0.238. The summed E-state index contributed by atoms with van der Waals surface area (Å²) in [5, 5.41) is 0. The lowest BCUT2D eigenvalue weighted by molar-refractivity contribution is 0.0421. The second-order valence-corrected chi connectivity index (χ2v) is 6.62. The molecule has 1 fully saturated rings. The summed E-state index contributed by atoms with van der Waals surface area (Å²) in [6, 6.07) is 14.4. The lowest BCUT2D eigenvalue weighted by Crippen LogP contribution is -2.43. The van der Waals surface area contributed by atoms with Crippen molar-refractivity contribution in [2.45, 2.75) is 18.5 Å². The Morgan fingerprint density at radius 3 is 2.44 bits per heavy atom. The molecule has 2 aromatic heterocycles. The van der Waals surface area contributed by atoms with Crippen LogP contribution in [0.4, 0.5) is 4.39 Å². The standard InChI is InChI=1S/C21H19FN4O/c22-21(16-5-2-1-3-6-16)9-13-26(14-10-21)20(27)17-7-4-11-24-19(17)18-8-12-23-15-25-18/h1-8,11-12,15H,9-10,13-14H2. The number of benzene rings is 1. The molecular formula is C21H19FN4O. The molecule has 0 bridgehead atoms. The maximum atomic E-state index is 15.3. The lowest BCUT2D eigenvalue weighted by atomic mass is 9.86. The minimum atomic E-state index is -1.39. The normalized spacial score (nSPS) is 16.1.